The van der Waals surface area contributed by atoms with Crippen molar-refractivity contribution in [2.45, 2.75) is 63.8 Å². The van der Waals surface area contributed by atoms with Gasteiger partial charge >= 0.3 is 5.69 Å². The van der Waals surface area contributed by atoms with Crippen molar-refractivity contribution < 1.29 is 23.8 Å². The monoisotopic (exact) mass is 604 g/mol. The quantitative estimate of drug-likeness (QED) is 0.115. The van der Waals surface area contributed by atoms with E-state index >= 15 is 0 Å². The van der Waals surface area contributed by atoms with Crippen molar-refractivity contribution in [3.8, 4) is 0 Å². The van der Waals surface area contributed by atoms with Crippen LogP contribution in [0.4, 0.5) is 0 Å². The molecule has 0 saturated carbocycles. The summed E-state index contributed by atoms with van der Waals surface area (Å²) in [5.74, 6) is -0.341. The molecule has 1 saturated heterocycles. The Labute approximate surface area is 256 Å². The molecule has 1 aliphatic rings. The summed E-state index contributed by atoms with van der Waals surface area (Å²) >= 11 is 0. The number of nitrogens with one attached hydrogen (secondary N) is 3. The van der Waals surface area contributed by atoms with E-state index < -0.39 is 23.6 Å². The molecule has 1 aliphatic heterocycles. The summed E-state index contributed by atoms with van der Waals surface area (Å²) in [6.07, 6.45) is 7.16. The van der Waals surface area contributed by atoms with Gasteiger partial charge in [0.25, 0.3) is 5.56 Å². The minimum atomic E-state index is -0.701. The Morgan fingerprint density at radius 1 is 0.955 bits per heavy atom. The van der Waals surface area contributed by atoms with Crippen LogP contribution in [0.2, 0.25) is 0 Å². The van der Waals surface area contributed by atoms with Gasteiger partial charge in [0.2, 0.25) is 12.3 Å². The second kappa shape index (κ2) is 17.7. The molecular formula is C33H40N4O7. The van der Waals surface area contributed by atoms with Crippen molar-refractivity contribution in [3.05, 3.63) is 110 Å². The Morgan fingerprint density at radius 2 is 1.64 bits per heavy atom. The summed E-state index contributed by atoms with van der Waals surface area (Å²) in [4.78, 5) is 50.2. The van der Waals surface area contributed by atoms with Crippen molar-refractivity contribution >= 4 is 18.4 Å². The van der Waals surface area contributed by atoms with Crippen LogP contribution < -0.4 is 21.9 Å². The minimum absolute atomic E-state index is 0.150. The first-order valence-electron chi connectivity index (χ1n) is 14.9. The minimum Gasteiger partial charge on any atom is -0.374 e. The van der Waals surface area contributed by atoms with Gasteiger partial charge in [0.05, 0.1) is 31.5 Å². The van der Waals surface area contributed by atoms with E-state index in [1.807, 2.05) is 60.7 Å². The van der Waals surface area contributed by atoms with E-state index in [9.17, 15) is 19.2 Å². The van der Waals surface area contributed by atoms with Crippen LogP contribution in [0.1, 0.15) is 55.0 Å². The molecule has 44 heavy (non-hydrogen) atoms. The molecule has 3 N–H and O–H groups in total. The van der Waals surface area contributed by atoms with Gasteiger partial charge < -0.3 is 24.8 Å². The number of amides is 2. The average molecular weight is 605 g/mol. The zero-order valence-corrected chi connectivity index (χ0v) is 24.7. The van der Waals surface area contributed by atoms with Crippen LogP contribution in [-0.2, 0) is 37.0 Å². The lowest BCUT2D eigenvalue weighted by molar-refractivity contribution is -0.116. The fraction of sp³-hybridized carbons (Fsp3) is 0.394. The Balaban J connectivity index is 1.36. The van der Waals surface area contributed by atoms with Crippen LogP contribution in [0.15, 0.2) is 82.5 Å². The summed E-state index contributed by atoms with van der Waals surface area (Å²) in [6, 6.07) is 19.6. The van der Waals surface area contributed by atoms with E-state index in [4.69, 9.17) is 14.2 Å². The third-order valence-corrected chi connectivity index (χ3v) is 7.23. The number of carbonyl (C=O) groups is 2. The summed E-state index contributed by atoms with van der Waals surface area (Å²) < 4.78 is 19.8. The number of ether oxygens (including phenoxy) is 3. The maximum Gasteiger partial charge on any atom is 0.330 e. The molecule has 1 fully saturated rings. The first-order chi connectivity index (χ1) is 21.5. The molecule has 234 valence electrons. The Bertz CT molecular complexity index is 1460. The highest BCUT2D eigenvalue weighted by atomic mass is 16.6. The van der Waals surface area contributed by atoms with Crippen LogP contribution in [0.3, 0.4) is 0 Å². The van der Waals surface area contributed by atoms with Crippen molar-refractivity contribution in [2.75, 3.05) is 19.7 Å². The highest BCUT2D eigenvalue weighted by Crippen LogP contribution is 2.31. The first-order valence-corrected chi connectivity index (χ1v) is 14.9. The maximum absolute atomic E-state index is 12.8. The van der Waals surface area contributed by atoms with Crippen molar-refractivity contribution in [1.82, 2.24) is 20.2 Å². The summed E-state index contributed by atoms with van der Waals surface area (Å²) in [5, 5.41) is 5.41. The molecule has 0 aliphatic carbocycles. The second-order valence-electron chi connectivity index (χ2n) is 10.6. The van der Waals surface area contributed by atoms with Crippen LogP contribution in [0.25, 0.3) is 6.08 Å². The lowest BCUT2D eigenvalue weighted by atomic mass is 10.1. The fourth-order valence-corrected chi connectivity index (χ4v) is 4.88. The van der Waals surface area contributed by atoms with Crippen molar-refractivity contribution in [1.29, 1.82) is 0 Å². The number of unbranched alkanes of at least 4 members (excludes halogenated alkanes) is 3. The zero-order chi connectivity index (χ0) is 31.0. The summed E-state index contributed by atoms with van der Waals surface area (Å²) in [5.41, 5.74) is 0.981. The molecule has 11 nitrogen and oxygen atoms in total. The fourth-order valence-electron chi connectivity index (χ4n) is 4.88. The number of hydrogen-bond acceptors (Lipinski definition) is 7. The molecule has 0 radical (unpaired) electrons. The average Bonchev–Trinajstić information content (AvgIpc) is 3.44. The van der Waals surface area contributed by atoms with Crippen LogP contribution in [0, 0.1) is 0 Å². The number of aromatic amines is 1. The molecule has 0 spiro atoms. The molecule has 2 heterocycles. The van der Waals surface area contributed by atoms with E-state index in [1.54, 1.807) is 0 Å². The lowest BCUT2D eigenvalue weighted by Gasteiger charge is -2.19. The molecule has 4 rings (SSSR count). The first kappa shape index (κ1) is 32.6. The number of H-pyrrole nitrogens is 1. The predicted octanol–water partition coefficient (Wildman–Crippen LogP) is 3.06. The van der Waals surface area contributed by atoms with Crippen molar-refractivity contribution in [2.24, 2.45) is 0 Å². The summed E-state index contributed by atoms with van der Waals surface area (Å²) in [7, 11) is 0. The highest BCUT2D eigenvalue weighted by Gasteiger charge is 2.38. The van der Waals surface area contributed by atoms with Gasteiger partial charge in [0, 0.05) is 31.8 Å². The van der Waals surface area contributed by atoms with E-state index in [1.165, 1.54) is 22.9 Å². The molecular weight excluding hydrogens is 564 g/mol. The number of aromatic nitrogens is 2. The summed E-state index contributed by atoms with van der Waals surface area (Å²) in [6.45, 7) is 2.17. The molecule has 2 aromatic carbocycles. The van der Waals surface area contributed by atoms with Gasteiger partial charge in [-0.2, -0.15) is 0 Å². The van der Waals surface area contributed by atoms with Crippen LogP contribution in [-0.4, -0.2) is 53.8 Å². The van der Waals surface area contributed by atoms with Crippen LogP contribution in [0.5, 0.6) is 0 Å². The standard InChI is InChI=1S/C33H40N4O7/c38-24-34-17-9-1-2-10-18-35-30(39)16-15-27-20-37(33(41)36-32(27)40)31-19-28(43-22-26-13-7-4-8-14-26)29(44-31)23-42-21-25-11-5-3-6-12-25/h3-8,11-16,20,24,28-29,31H,1-2,9-10,17-19,21-23H2,(H,34,38)(H,35,39)(H,36,40,41)/b16-15+. The molecule has 0 bridgehead atoms. The van der Waals surface area contributed by atoms with Gasteiger partial charge in [-0.05, 0) is 30.0 Å². The number of rotatable bonds is 18. The topological polar surface area (TPSA) is 141 Å². The number of nitrogens with zero attached hydrogens (tertiary/aromatic N) is 1. The molecule has 3 aromatic rings. The molecule has 1 aromatic heterocycles. The Morgan fingerprint density at radius 3 is 2.34 bits per heavy atom. The van der Waals surface area contributed by atoms with Gasteiger partial charge in [-0.1, -0.05) is 73.5 Å². The zero-order valence-electron chi connectivity index (χ0n) is 24.7. The SMILES string of the molecule is O=CNCCCCCCNC(=O)/C=C/c1cn(C2CC(OCc3ccccc3)C(COCc3ccccc3)O2)c(=O)[nH]c1=O. The van der Waals surface area contributed by atoms with Gasteiger partial charge in [-0.25, -0.2) is 4.79 Å². The van der Waals surface area contributed by atoms with Crippen LogP contribution >= 0.6 is 0 Å². The normalized spacial score (nSPS) is 18.0. The maximum atomic E-state index is 12.8. The molecule has 3 unspecified atom stereocenters. The van der Waals surface area contributed by atoms with E-state index in [-0.39, 0.29) is 24.2 Å². The van der Waals surface area contributed by atoms with E-state index in [0.717, 1.165) is 36.8 Å². The number of carbonyl (C=O) groups excluding carboxylic acids is 2. The van der Waals surface area contributed by atoms with E-state index in [0.29, 0.717) is 39.1 Å². The Kier molecular flexibility index (Phi) is 13.1. The largest absolute Gasteiger partial charge is 0.374 e. The Hall–Kier alpha value is -4.32. The third kappa shape index (κ3) is 10.4. The highest BCUT2D eigenvalue weighted by molar-refractivity contribution is 5.91. The number of benzene rings is 2. The van der Waals surface area contributed by atoms with Gasteiger partial charge in [0.15, 0.2) is 0 Å². The molecule has 11 heteroatoms. The molecule has 2 amide bonds. The lowest BCUT2D eigenvalue weighted by Crippen LogP contribution is -2.33. The van der Waals surface area contributed by atoms with Gasteiger partial charge in [-0.3, -0.25) is 23.9 Å². The predicted molar refractivity (Wildman–Crippen MR) is 166 cm³/mol. The second-order valence-corrected chi connectivity index (χ2v) is 10.6. The van der Waals surface area contributed by atoms with E-state index in [2.05, 4.69) is 15.6 Å². The molecule has 3 atom stereocenters. The number of hydrogen-bond donors (Lipinski definition) is 3. The van der Waals surface area contributed by atoms with Gasteiger partial charge in [0.1, 0.15) is 12.3 Å². The smallest absolute Gasteiger partial charge is 0.330 e. The van der Waals surface area contributed by atoms with Gasteiger partial charge in [-0.15, -0.1) is 0 Å². The third-order valence-electron chi connectivity index (χ3n) is 7.23. The van der Waals surface area contributed by atoms with Crippen molar-refractivity contribution in [3.63, 3.8) is 0 Å².